The monoisotopic (exact) mass is 434 g/mol. The van der Waals surface area contributed by atoms with Gasteiger partial charge in [-0.1, -0.05) is 12.1 Å². The molecule has 0 aliphatic rings. The molecule has 0 atom stereocenters. The standard InChI is InChI=1S/C23H19FN4O4/c1-30-20-11-16-19(12-21(20)31-2)25-13-26-22(16)32-15-9-7-14(8-10-15)27-23(29)28-18-6-4-3-5-17(18)24/h3-13H,1-2H3,(H2,27,28,29). The van der Waals surface area contributed by atoms with Gasteiger partial charge in [0, 0.05) is 11.8 Å². The molecular weight excluding hydrogens is 415 g/mol. The SMILES string of the molecule is COc1cc2ncnc(Oc3ccc(NC(=O)Nc4ccccc4F)cc3)c2cc1OC. The number of carbonyl (C=O) groups excluding carboxylic acids is 1. The maximum Gasteiger partial charge on any atom is 0.323 e. The molecule has 1 aromatic heterocycles. The molecule has 3 aromatic carbocycles. The van der Waals surface area contributed by atoms with Crippen LogP contribution in [0.15, 0.2) is 67.0 Å². The van der Waals surface area contributed by atoms with E-state index in [0.29, 0.717) is 39.7 Å². The molecule has 4 aromatic rings. The van der Waals surface area contributed by atoms with Crippen molar-refractivity contribution < 1.29 is 23.4 Å². The van der Waals surface area contributed by atoms with Crippen LogP contribution in [0, 0.1) is 5.82 Å². The number of methoxy groups -OCH3 is 2. The molecule has 32 heavy (non-hydrogen) atoms. The van der Waals surface area contributed by atoms with Gasteiger partial charge in [-0.05, 0) is 42.5 Å². The van der Waals surface area contributed by atoms with Gasteiger partial charge in [0.2, 0.25) is 5.88 Å². The fraction of sp³-hybridized carbons (Fsp3) is 0.0870. The Morgan fingerprint density at radius 3 is 2.34 bits per heavy atom. The van der Waals surface area contributed by atoms with Crippen molar-refractivity contribution >= 4 is 28.3 Å². The minimum absolute atomic E-state index is 0.0904. The van der Waals surface area contributed by atoms with Crippen molar-refractivity contribution in [3.05, 3.63) is 72.8 Å². The quantitative estimate of drug-likeness (QED) is 0.432. The number of anilines is 2. The summed E-state index contributed by atoms with van der Waals surface area (Å²) in [4.78, 5) is 20.6. The predicted octanol–water partition coefficient (Wildman–Crippen LogP) is 5.22. The van der Waals surface area contributed by atoms with Gasteiger partial charge in [0.1, 0.15) is 17.9 Å². The van der Waals surface area contributed by atoms with Crippen molar-refractivity contribution in [1.82, 2.24) is 9.97 Å². The van der Waals surface area contributed by atoms with Crippen molar-refractivity contribution in [3.63, 3.8) is 0 Å². The molecule has 0 radical (unpaired) electrons. The van der Waals surface area contributed by atoms with Gasteiger partial charge >= 0.3 is 6.03 Å². The van der Waals surface area contributed by atoms with Crippen LogP contribution in [-0.2, 0) is 0 Å². The molecule has 1 heterocycles. The molecule has 0 saturated heterocycles. The van der Waals surface area contributed by atoms with E-state index in [4.69, 9.17) is 14.2 Å². The zero-order chi connectivity index (χ0) is 22.5. The summed E-state index contributed by atoms with van der Waals surface area (Å²) < 4.78 is 30.2. The smallest absolute Gasteiger partial charge is 0.323 e. The number of hydrogen-bond donors (Lipinski definition) is 2. The summed E-state index contributed by atoms with van der Waals surface area (Å²) in [5.74, 6) is 1.40. The number of nitrogens with one attached hydrogen (secondary N) is 2. The summed E-state index contributed by atoms with van der Waals surface area (Å²) in [6.07, 6.45) is 1.40. The number of para-hydroxylation sites is 1. The Kier molecular flexibility index (Phi) is 5.98. The van der Waals surface area contributed by atoms with Crippen LogP contribution in [-0.4, -0.2) is 30.2 Å². The molecule has 0 saturated carbocycles. The summed E-state index contributed by atoms with van der Waals surface area (Å²) >= 11 is 0. The molecule has 0 aliphatic carbocycles. The lowest BCUT2D eigenvalue weighted by Crippen LogP contribution is -2.20. The number of hydrogen-bond acceptors (Lipinski definition) is 6. The predicted molar refractivity (Wildman–Crippen MR) is 118 cm³/mol. The second-order valence-corrected chi connectivity index (χ2v) is 6.59. The summed E-state index contributed by atoms with van der Waals surface area (Å²) in [5.41, 5.74) is 1.23. The van der Waals surface area contributed by atoms with Crippen LogP contribution in [0.2, 0.25) is 0 Å². The Morgan fingerprint density at radius 1 is 0.906 bits per heavy atom. The van der Waals surface area contributed by atoms with Crippen LogP contribution in [0.1, 0.15) is 0 Å². The van der Waals surface area contributed by atoms with Gasteiger partial charge in [-0.15, -0.1) is 0 Å². The van der Waals surface area contributed by atoms with Crippen molar-refractivity contribution in [1.29, 1.82) is 0 Å². The average molecular weight is 434 g/mol. The molecule has 0 bridgehead atoms. The van der Waals surface area contributed by atoms with E-state index in [0.717, 1.165) is 0 Å². The van der Waals surface area contributed by atoms with Crippen molar-refractivity contribution in [3.8, 4) is 23.1 Å². The fourth-order valence-corrected chi connectivity index (χ4v) is 3.01. The Balaban J connectivity index is 1.48. The average Bonchev–Trinajstić information content (AvgIpc) is 2.81. The molecule has 0 spiro atoms. The number of rotatable bonds is 6. The normalized spacial score (nSPS) is 10.5. The van der Waals surface area contributed by atoms with Crippen LogP contribution in [0.25, 0.3) is 10.9 Å². The molecule has 2 amide bonds. The number of aromatic nitrogens is 2. The highest BCUT2D eigenvalue weighted by atomic mass is 19.1. The van der Waals surface area contributed by atoms with Gasteiger partial charge < -0.3 is 24.8 Å². The van der Waals surface area contributed by atoms with E-state index in [1.54, 1.807) is 62.8 Å². The summed E-state index contributed by atoms with van der Waals surface area (Å²) in [6.45, 7) is 0. The van der Waals surface area contributed by atoms with E-state index < -0.39 is 11.8 Å². The molecule has 162 valence electrons. The molecule has 2 N–H and O–H groups in total. The first-order valence-corrected chi connectivity index (χ1v) is 9.54. The first-order chi connectivity index (χ1) is 15.6. The topological polar surface area (TPSA) is 94.6 Å². The summed E-state index contributed by atoms with van der Waals surface area (Å²) in [6, 6.07) is 15.5. The largest absolute Gasteiger partial charge is 0.493 e. The van der Waals surface area contributed by atoms with Gasteiger partial charge in [-0.2, -0.15) is 0 Å². The number of nitrogens with zero attached hydrogens (tertiary/aromatic N) is 2. The third-order valence-corrected chi connectivity index (χ3v) is 4.55. The molecule has 0 aliphatic heterocycles. The van der Waals surface area contributed by atoms with Crippen molar-refractivity contribution in [2.75, 3.05) is 24.9 Å². The second-order valence-electron chi connectivity index (χ2n) is 6.59. The lowest BCUT2D eigenvalue weighted by atomic mass is 10.2. The van der Waals surface area contributed by atoms with Gasteiger partial charge in [0.25, 0.3) is 0 Å². The van der Waals surface area contributed by atoms with Crippen LogP contribution in [0.3, 0.4) is 0 Å². The van der Waals surface area contributed by atoms with E-state index in [2.05, 4.69) is 20.6 Å². The number of benzene rings is 3. The molecule has 8 nitrogen and oxygen atoms in total. The maximum absolute atomic E-state index is 13.7. The van der Waals surface area contributed by atoms with Gasteiger partial charge in [0.05, 0.1) is 30.8 Å². The summed E-state index contributed by atoms with van der Waals surface area (Å²) in [5, 5.41) is 5.75. The summed E-state index contributed by atoms with van der Waals surface area (Å²) in [7, 11) is 3.09. The Labute approximate surface area is 183 Å². The highest BCUT2D eigenvalue weighted by Crippen LogP contribution is 2.35. The van der Waals surface area contributed by atoms with E-state index in [-0.39, 0.29) is 5.69 Å². The highest BCUT2D eigenvalue weighted by Gasteiger charge is 2.13. The van der Waals surface area contributed by atoms with E-state index in [1.807, 2.05) is 0 Å². The second kappa shape index (κ2) is 9.17. The third-order valence-electron chi connectivity index (χ3n) is 4.55. The molecule has 0 unspecified atom stereocenters. The van der Waals surface area contributed by atoms with Crippen molar-refractivity contribution in [2.24, 2.45) is 0 Å². The number of urea groups is 1. The van der Waals surface area contributed by atoms with Gasteiger partial charge in [0.15, 0.2) is 11.5 Å². The highest BCUT2D eigenvalue weighted by molar-refractivity contribution is 5.99. The Hall–Kier alpha value is -4.40. The van der Waals surface area contributed by atoms with E-state index in [9.17, 15) is 9.18 Å². The zero-order valence-electron chi connectivity index (χ0n) is 17.3. The fourth-order valence-electron chi connectivity index (χ4n) is 3.01. The van der Waals surface area contributed by atoms with E-state index >= 15 is 0 Å². The van der Waals surface area contributed by atoms with Crippen LogP contribution < -0.4 is 24.8 Å². The van der Waals surface area contributed by atoms with Crippen LogP contribution in [0.4, 0.5) is 20.6 Å². The molecule has 0 fully saturated rings. The van der Waals surface area contributed by atoms with E-state index in [1.165, 1.54) is 18.5 Å². The molecular formula is C23H19FN4O4. The number of carbonyl (C=O) groups is 1. The number of ether oxygens (including phenoxy) is 3. The number of halogens is 1. The first-order valence-electron chi connectivity index (χ1n) is 9.54. The van der Waals surface area contributed by atoms with Crippen molar-refractivity contribution in [2.45, 2.75) is 0 Å². The minimum Gasteiger partial charge on any atom is -0.493 e. The first kappa shape index (κ1) is 20.9. The third kappa shape index (κ3) is 4.51. The molecule has 9 heteroatoms. The van der Waals surface area contributed by atoms with Gasteiger partial charge in [-0.25, -0.2) is 19.2 Å². The van der Waals surface area contributed by atoms with Crippen LogP contribution >= 0.6 is 0 Å². The maximum atomic E-state index is 13.7. The number of amides is 2. The zero-order valence-corrected chi connectivity index (χ0v) is 17.3. The minimum atomic E-state index is -0.563. The lowest BCUT2D eigenvalue weighted by Gasteiger charge is -2.12. The van der Waals surface area contributed by atoms with Crippen LogP contribution in [0.5, 0.6) is 23.1 Å². The Morgan fingerprint density at radius 2 is 1.62 bits per heavy atom. The Bertz CT molecular complexity index is 1260. The lowest BCUT2D eigenvalue weighted by molar-refractivity contribution is 0.262. The van der Waals surface area contributed by atoms with Gasteiger partial charge in [-0.3, -0.25) is 0 Å². The number of fused-ring (bicyclic) bond motifs is 1. The molecule has 4 rings (SSSR count).